The Morgan fingerprint density at radius 3 is 2.83 bits per heavy atom. The van der Waals surface area contributed by atoms with E-state index in [1.807, 2.05) is 30.3 Å². The first-order valence-electron chi connectivity index (χ1n) is 7.66. The number of anilines is 1. The minimum atomic E-state index is -0.181. The fourth-order valence-electron chi connectivity index (χ4n) is 3.13. The molecule has 2 aliphatic heterocycles. The number of halogens is 1. The lowest BCUT2D eigenvalue weighted by Gasteiger charge is -2.25. The summed E-state index contributed by atoms with van der Waals surface area (Å²) in [6, 6.07) is 13.9. The predicted molar refractivity (Wildman–Crippen MR) is 92.3 cm³/mol. The molecule has 120 valence electrons. The normalized spacial score (nSPS) is 18.2. The van der Waals surface area contributed by atoms with Gasteiger partial charge in [-0.25, -0.2) is 0 Å². The molecule has 2 aliphatic rings. The average Bonchev–Trinajstić information content (AvgIpc) is 3.02. The highest BCUT2D eigenvalue weighted by Gasteiger charge is 2.24. The summed E-state index contributed by atoms with van der Waals surface area (Å²) >= 11 is 0. The molecule has 5 heteroatoms. The Bertz CT molecular complexity index is 733. The number of amides is 1. The van der Waals surface area contributed by atoms with Gasteiger partial charge in [-0.3, -0.25) is 4.79 Å². The van der Waals surface area contributed by atoms with Crippen LogP contribution in [0, 0.1) is 0 Å². The third kappa shape index (κ3) is 3.19. The molecular weight excluding hydrogens is 312 g/mol. The largest absolute Gasteiger partial charge is 0.493 e. The number of nitrogens with one attached hydrogen (secondary N) is 2. The number of ether oxygens (including phenoxy) is 1. The van der Waals surface area contributed by atoms with Crippen molar-refractivity contribution in [2.45, 2.75) is 25.4 Å². The number of hydrogen-bond donors (Lipinski definition) is 2. The van der Waals surface area contributed by atoms with Crippen molar-refractivity contribution in [2.24, 2.45) is 0 Å². The van der Waals surface area contributed by atoms with Crippen LogP contribution in [0.4, 0.5) is 5.69 Å². The Morgan fingerprint density at radius 2 is 1.96 bits per heavy atom. The van der Waals surface area contributed by atoms with Crippen LogP contribution in [-0.4, -0.2) is 18.6 Å². The molecule has 2 aromatic rings. The lowest BCUT2D eigenvalue weighted by atomic mass is 9.95. The van der Waals surface area contributed by atoms with Gasteiger partial charge in [0.1, 0.15) is 5.75 Å². The van der Waals surface area contributed by atoms with Gasteiger partial charge in [0.25, 0.3) is 0 Å². The van der Waals surface area contributed by atoms with E-state index in [9.17, 15) is 4.79 Å². The molecule has 0 saturated carbocycles. The zero-order chi connectivity index (χ0) is 14.9. The van der Waals surface area contributed by atoms with Gasteiger partial charge in [-0.05, 0) is 41.3 Å². The Labute approximate surface area is 141 Å². The summed E-state index contributed by atoms with van der Waals surface area (Å²) in [5, 5.41) is 6.33. The van der Waals surface area contributed by atoms with Crippen molar-refractivity contribution in [3.8, 4) is 5.75 Å². The van der Waals surface area contributed by atoms with Crippen LogP contribution in [0.25, 0.3) is 0 Å². The van der Waals surface area contributed by atoms with Gasteiger partial charge in [-0.1, -0.05) is 24.3 Å². The monoisotopic (exact) mass is 330 g/mol. The van der Waals surface area contributed by atoms with Crippen molar-refractivity contribution in [1.29, 1.82) is 0 Å². The molecule has 23 heavy (non-hydrogen) atoms. The van der Waals surface area contributed by atoms with E-state index in [1.54, 1.807) is 0 Å². The minimum Gasteiger partial charge on any atom is -0.493 e. The van der Waals surface area contributed by atoms with Crippen molar-refractivity contribution in [3.05, 3.63) is 59.2 Å². The van der Waals surface area contributed by atoms with Crippen LogP contribution < -0.4 is 15.4 Å². The zero-order valence-corrected chi connectivity index (χ0v) is 13.5. The predicted octanol–water partition coefficient (Wildman–Crippen LogP) is 2.70. The quantitative estimate of drug-likeness (QED) is 0.890. The van der Waals surface area contributed by atoms with Gasteiger partial charge in [0.05, 0.1) is 12.6 Å². The maximum atomic E-state index is 12.5. The third-order valence-corrected chi connectivity index (χ3v) is 4.35. The highest BCUT2D eigenvalue weighted by atomic mass is 35.5. The first kappa shape index (κ1) is 15.8. The molecule has 0 aromatic heterocycles. The van der Waals surface area contributed by atoms with Gasteiger partial charge in [-0.2, -0.15) is 0 Å². The molecule has 1 atom stereocenters. The second-order valence-electron chi connectivity index (χ2n) is 5.82. The fraction of sp³-hybridized carbons (Fsp3) is 0.278. The van der Waals surface area contributed by atoms with Crippen LogP contribution in [-0.2, 0) is 24.2 Å². The van der Waals surface area contributed by atoms with Crippen LogP contribution >= 0.6 is 12.4 Å². The molecule has 1 amide bonds. The molecule has 0 fully saturated rings. The first-order chi connectivity index (χ1) is 10.8. The molecule has 2 N–H and O–H groups in total. The Balaban J connectivity index is 0.00000156. The van der Waals surface area contributed by atoms with Crippen LogP contribution in [0.1, 0.15) is 16.7 Å². The molecule has 0 aliphatic carbocycles. The summed E-state index contributed by atoms with van der Waals surface area (Å²) in [6.07, 6.45) is 1.64. The first-order valence-corrected chi connectivity index (χ1v) is 7.66. The molecular formula is C18H19ClN2O2. The van der Waals surface area contributed by atoms with E-state index in [0.717, 1.165) is 37.4 Å². The second kappa shape index (κ2) is 6.60. The molecule has 1 unspecified atom stereocenters. The number of hydrogen-bond acceptors (Lipinski definition) is 3. The number of benzene rings is 2. The summed E-state index contributed by atoms with van der Waals surface area (Å²) in [6.45, 7) is 1.47. The number of carbonyl (C=O) groups is 1. The van der Waals surface area contributed by atoms with E-state index in [-0.39, 0.29) is 24.4 Å². The summed E-state index contributed by atoms with van der Waals surface area (Å²) in [5.74, 6) is 0.955. The highest BCUT2D eigenvalue weighted by Crippen LogP contribution is 2.28. The second-order valence-corrected chi connectivity index (χ2v) is 5.82. The topological polar surface area (TPSA) is 50.4 Å². The van der Waals surface area contributed by atoms with E-state index in [1.165, 1.54) is 16.7 Å². The number of fused-ring (bicyclic) bond motifs is 2. The van der Waals surface area contributed by atoms with Gasteiger partial charge in [0.15, 0.2) is 0 Å². The maximum Gasteiger partial charge on any atom is 0.241 e. The number of carbonyl (C=O) groups excluding carboxylic acids is 1. The lowest BCUT2D eigenvalue weighted by Crippen LogP contribution is -2.44. The van der Waals surface area contributed by atoms with Gasteiger partial charge in [-0.15, -0.1) is 12.4 Å². The van der Waals surface area contributed by atoms with Crippen LogP contribution in [0.3, 0.4) is 0 Å². The van der Waals surface area contributed by atoms with Crippen molar-refractivity contribution in [3.63, 3.8) is 0 Å². The summed E-state index contributed by atoms with van der Waals surface area (Å²) in [7, 11) is 0. The Hall–Kier alpha value is -2.04. The highest BCUT2D eigenvalue weighted by molar-refractivity contribution is 5.95. The van der Waals surface area contributed by atoms with E-state index in [0.29, 0.717) is 0 Å². The number of rotatable bonds is 2. The SMILES string of the molecule is Cl.O=C(Nc1ccc2c(c1)CCO2)C1Cc2ccccc2CN1. The van der Waals surface area contributed by atoms with Gasteiger partial charge < -0.3 is 15.4 Å². The molecule has 0 bridgehead atoms. The van der Waals surface area contributed by atoms with Crippen molar-refractivity contribution in [1.82, 2.24) is 5.32 Å². The molecule has 0 spiro atoms. The van der Waals surface area contributed by atoms with Gasteiger partial charge in [0, 0.05) is 18.7 Å². The van der Waals surface area contributed by atoms with Crippen LogP contribution in [0.5, 0.6) is 5.75 Å². The molecule has 0 saturated heterocycles. The van der Waals surface area contributed by atoms with E-state index in [4.69, 9.17) is 4.74 Å². The summed E-state index contributed by atoms with van der Waals surface area (Å²) < 4.78 is 5.49. The van der Waals surface area contributed by atoms with Crippen LogP contribution in [0.2, 0.25) is 0 Å². The third-order valence-electron chi connectivity index (χ3n) is 4.35. The van der Waals surface area contributed by atoms with Crippen molar-refractivity contribution >= 4 is 24.0 Å². The zero-order valence-electron chi connectivity index (χ0n) is 12.7. The van der Waals surface area contributed by atoms with Crippen molar-refractivity contribution < 1.29 is 9.53 Å². The Morgan fingerprint density at radius 1 is 1.13 bits per heavy atom. The molecule has 2 aromatic carbocycles. The summed E-state index contributed by atoms with van der Waals surface area (Å²) in [4.78, 5) is 12.5. The standard InChI is InChI=1S/C18H18N2O2.ClH/c21-18(16-10-12-3-1-2-4-14(12)11-19-16)20-15-5-6-17-13(9-15)7-8-22-17;/h1-6,9,16,19H,7-8,10-11H2,(H,20,21);1H. The molecule has 2 heterocycles. The van der Waals surface area contributed by atoms with E-state index >= 15 is 0 Å². The van der Waals surface area contributed by atoms with Crippen LogP contribution in [0.15, 0.2) is 42.5 Å². The van der Waals surface area contributed by atoms with E-state index < -0.39 is 0 Å². The van der Waals surface area contributed by atoms with Gasteiger partial charge >= 0.3 is 0 Å². The molecule has 4 nitrogen and oxygen atoms in total. The summed E-state index contributed by atoms with van der Waals surface area (Å²) in [5.41, 5.74) is 4.54. The Kier molecular flexibility index (Phi) is 4.55. The van der Waals surface area contributed by atoms with Crippen molar-refractivity contribution in [2.75, 3.05) is 11.9 Å². The smallest absolute Gasteiger partial charge is 0.241 e. The molecule has 0 radical (unpaired) electrons. The minimum absolute atomic E-state index is 0. The van der Waals surface area contributed by atoms with Gasteiger partial charge in [0.2, 0.25) is 5.91 Å². The fourth-order valence-corrected chi connectivity index (χ4v) is 3.13. The lowest BCUT2D eigenvalue weighted by molar-refractivity contribution is -0.118. The molecule has 4 rings (SSSR count). The van der Waals surface area contributed by atoms with E-state index in [2.05, 4.69) is 22.8 Å². The maximum absolute atomic E-state index is 12.5. The average molecular weight is 331 g/mol.